The number of benzene rings is 1. The van der Waals surface area contributed by atoms with Gasteiger partial charge in [-0.2, -0.15) is 17.0 Å². The van der Waals surface area contributed by atoms with Crippen molar-refractivity contribution in [2.45, 2.75) is 18.9 Å². The van der Waals surface area contributed by atoms with E-state index in [-0.39, 0.29) is 0 Å². The van der Waals surface area contributed by atoms with Crippen LogP contribution >= 0.6 is 23.4 Å². The molecule has 0 amide bonds. The van der Waals surface area contributed by atoms with Crippen molar-refractivity contribution in [1.82, 2.24) is 0 Å². The summed E-state index contributed by atoms with van der Waals surface area (Å²) in [6.45, 7) is 0. The highest BCUT2D eigenvalue weighted by molar-refractivity contribution is 7.99. The van der Waals surface area contributed by atoms with E-state index in [0.717, 1.165) is 11.4 Å². The van der Waals surface area contributed by atoms with E-state index in [1.54, 1.807) is 6.07 Å². The van der Waals surface area contributed by atoms with Gasteiger partial charge in [-0.15, -0.1) is 0 Å². The predicted octanol–water partition coefficient (Wildman–Crippen LogP) is 3.52. The van der Waals surface area contributed by atoms with Gasteiger partial charge in [-0.3, -0.25) is 0 Å². The first-order valence-electron chi connectivity index (χ1n) is 5.34. The minimum atomic E-state index is 0.462. The maximum absolute atomic E-state index is 9.05. The Hall–Kier alpha value is -0.850. The average molecular weight is 253 g/mol. The first-order valence-corrected chi connectivity index (χ1v) is 6.87. The Balaban J connectivity index is 2.14. The van der Waals surface area contributed by atoms with Gasteiger partial charge in [0.15, 0.2) is 0 Å². The summed E-state index contributed by atoms with van der Waals surface area (Å²) >= 11 is 7.94. The fourth-order valence-corrected chi connectivity index (χ4v) is 3.12. The summed E-state index contributed by atoms with van der Waals surface area (Å²) in [6, 6.07) is 8.16. The Bertz CT molecular complexity index is 408. The van der Waals surface area contributed by atoms with Crippen LogP contribution in [0.2, 0.25) is 5.02 Å². The van der Waals surface area contributed by atoms with E-state index >= 15 is 0 Å². The monoisotopic (exact) mass is 252 g/mol. The number of hydrogen-bond donors (Lipinski definition) is 1. The van der Waals surface area contributed by atoms with Crippen LogP contribution in [-0.2, 0) is 0 Å². The number of rotatable bonds is 2. The third-order valence-electron chi connectivity index (χ3n) is 2.65. The lowest BCUT2D eigenvalue weighted by Crippen LogP contribution is -2.26. The standard InChI is InChI=1S/C12H13ClN2S/c13-11-4-1-5-12(10(11)7-14)15-9-3-2-6-16-8-9/h1,4-5,9,15H,2-3,6,8H2. The molecule has 1 aromatic carbocycles. The van der Waals surface area contributed by atoms with Crippen molar-refractivity contribution in [3.63, 3.8) is 0 Å². The van der Waals surface area contributed by atoms with Gasteiger partial charge < -0.3 is 5.32 Å². The van der Waals surface area contributed by atoms with Crippen LogP contribution in [0.3, 0.4) is 0 Å². The largest absolute Gasteiger partial charge is 0.380 e. The molecule has 1 N–H and O–H groups in total. The lowest BCUT2D eigenvalue weighted by molar-refractivity contribution is 0.685. The molecule has 1 aliphatic rings. The van der Waals surface area contributed by atoms with Crippen LogP contribution in [0.4, 0.5) is 5.69 Å². The molecule has 4 heteroatoms. The third-order valence-corrected chi connectivity index (χ3v) is 4.18. The van der Waals surface area contributed by atoms with E-state index in [9.17, 15) is 0 Å². The molecule has 0 spiro atoms. The molecule has 2 rings (SSSR count). The van der Waals surface area contributed by atoms with Gasteiger partial charge in [0.1, 0.15) is 6.07 Å². The number of nitrogens with zero attached hydrogens (tertiary/aromatic N) is 1. The lowest BCUT2D eigenvalue weighted by atomic mass is 10.1. The van der Waals surface area contributed by atoms with E-state index < -0.39 is 0 Å². The minimum Gasteiger partial charge on any atom is -0.380 e. The molecule has 1 aromatic rings. The summed E-state index contributed by atoms with van der Waals surface area (Å²) in [5, 5.41) is 13.0. The van der Waals surface area contributed by atoms with Gasteiger partial charge in [0, 0.05) is 11.8 Å². The molecule has 0 saturated carbocycles. The Morgan fingerprint density at radius 3 is 3.06 bits per heavy atom. The summed E-state index contributed by atoms with van der Waals surface area (Å²) in [4.78, 5) is 0. The molecule has 0 radical (unpaired) electrons. The quantitative estimate of drug-likeness (QED) is 0.875. The van der Waals surface area contributed by atoms with Crippen LogP contribution in [0.25, 0.3) is 0 Å². The van der Waals surface area contributed by atoms with Crippen molar-refractivity contribution in [2.75, 3.05) is 16.8 Å². The highest BCUT2D eigenvalue weighted by Crippen LogP contribution is 2.26. The zero-order valence-electron chi connectivity index (χ0n) is 8.87. The molecule has 16 heavy (non-hydrogen) atoms. The number of halogens is 1. The fourth-order valence-electron chi connectivity index (χ4n) is 1.83. The Morgan fingerprint density at radius 2 is 2.38 bits per heavy atom. The highest BCUT2D eigenvalue weighted by Gasteiger charge is 2.15. The van der Waals surface area contributed by atoms with Crippen LogP contribution in [0.5, 0.6) is 0 Å². The summed E-state index contributed by atoms with van der Waals surface area (Å²) in [6.07, 6.45) is 2.41. The van der Waals surface area contributed by atoms with Gasteiger partial charge >= 0.3 is 0 Å². The summed E-state index contributed by atoms with van der Waals surface area (Å²) in [7, 11) is 0. The molecule has 1 fully saturated rings. The smallest absolute Gasteiger partial charge is 0.103 e. The van der Waals surface area contributed by atoms with Crippen molar-refractivity contribution in [2.24, 2.45) is 0 Å². The highest BCUT2D eigenvalue weighted by atomic mass is 35.5. The van der Waals surface area contributed by atoms with Crippen molar-refractivity contribution >= 4 is 29.1 Å². The second-order valence-electron chi connectivity index (χ2n) is 3.83. The van der Waals surface area contributed by atoms with Crippen molar-refractivity contribution < 1.29 is 0 Å². The van der Waals surface area contributed by atoms with Crippen molar-refractivity contribution in [3.8, 4) is 6.07 Å². The van der Waals surface area contributed by atoms with Crippen molar-refractivity contribution in [1.29, 1.82) is 5.26 Å². The molecule has 0 bridgehead atoms. The third kappa shape index (κ3) is 2.63. The van der Waals surface area contributed by atoms with Crippen LogP contribution < -0.4 is 5.32 Å². The van der Waals surface area contributed by atoms with Crippen LogP contribution in [0, 0.1) is 11.3 Å². The van der Waals surface area contributed by atoms with Crippen LogP contribution in [0.1, 0.15) is 18.4 Å². The zero-order chi connectivity index (χ0) is 11.4. The van der Waals surface area contributed by atoms with E-state index in [0.29, 0.717) is 16.6 Å². The second-order valence-corrected chi connectivity index (χ2v) is 5.39. The molecule has 0 aliphatic carbocycles. The molecule has 0 aromatic heterocycles. The zero-order valence-corrected chi connectivity index (χ0v) is 10.4. The molecule has 1 aliphatic heterocycles. The summed E-state index contributed by atoms with van der Waals surface area (Å²) in [5.41, 5.74) is 1.42. The van der Waals surface area contributed by atoms with Crippen LogP contribution in [-0.4, -0.2) is 17.5 Å². The number of hydrogen-bond acceptors (Lipinski definition) is 3. The Labute approximate surface area is 105 Å². The van der Waals surface area contributed by atoms with E-state index in [1.165, 1.54) is 18.6 Å². The SMILES string of the molecule is N#Cc1c(Cl)cccc1NC1CCCSC1. The fraction of sp³-hybridized carbons (Fsp3) is 0.417. The first kappa shape index (κ1) is 11.6. The normalized spacial score (nSPS) is 20.1. The number of anilines is 1. The minimum absolute atomic E-state index is 0.462. The molecular formula is C12H13ClN2S. The topological polar surface area (TPSA) is 35.8 Å². The molecule has 2 nitrogen and oxygen atoms in total. The van der Waals surface area contributed by atoms with Gasteiger partial charge in [-0.1, -0.05) is 17.7 Å². The molecule has 1 heterocycles. The van der Waals surface area contributed by atoms with Gasteiger partial charge in [0.2, 0.25) is 0 Å². The second kappa shape index (κ2) is 5.47. The van der Waals surface area contributed by atoms with E-state index in [1.807, 2.05) is 23.9 Å². The van der Waals surface area contributed by atoms with Gasteiger partial charge in [-0.05, 0) is 30.7 Å². The van der Waals surface area contributed by atoms with Crippen LogP contribution in [0.15, 0.2) is 18.2 Å². The Morgan fingerprint density at radius 1 is 1.50 bits per heavy atom. The number of thioether (sulfide) groups is 1. The maximum Gasteiger partial charge on any atom is 0.103 e. The molecule has 1 unspecified atom stereocenters. The maximum atomic E-state index is 9.05. The predicted molar refractivity (Wildman–Crippen MR) is 70.1 cm³/mol. The first-order chi connectivity index (χ1) is 7.81. The number of nitriles is 1. The average Bonchev–Trinajstić information content (AvgIpc) is 2.31. The number of nitrogens with one attached hydrogen (secondary N) is 1. The van der Waals surface area contributed by atoms with Crippen molar-refractivity contribution in [3.05, 3.63) is 28.8 Å². The van der Waals surface area contributed by atoms with E-state index in [4.69, 9.17) is 16.9 Å². The van der Waals surface area contributed by atoms with Gasteiger partial charge in [0.25, 0.3) is 0 Å². The molecular weight excluding hydrogens is 240 g/mol. The molecule has 84 valence electrons. The summed E-state index contributed by atoms with van der Waals surface area (Å²) in [5.74, 6) is 2.36. The van der Waals surface area contributed by atoms with Gasteiger partial charge in [0.05, 0.1) is 16.3 Å². The molecule has 1 atom stereocenters. The van der Waals surface area contributed by atoms with Gasteiger partial charge in [-0.25, -0.2) is 0 Å². The summed E-state index contributed by atoms with van der Waals surface area (Å²) < 4.78 is 0. The molecule has 1 saturated heterocycles. The lowest BCUT2D eigenvalue weighted by Gasteiger charge is -2.24. The Kier molecular flexibility index (Phi) is 3.98. The van der Waals surface area contributed by atoms with E-state index in [2.05, 4.69) is 11.4 Å².